The predicted molar refractivity (Wildman–Crippen MR) is 82.0 cm³/mol. The number of hydrogen-bond acceptors (Lipinski definition) is 3. The van der Waals surface area contributed by atoms with Crippen molar-refractivity contribution in [2.45, 2.75) is 33.6 Å². The van der Waals surface area contributed by atoms with Gasteiger partial charge in [0.1, 0.15) is 13.2 Å². The summed E-state index contributed by atoms with van der Waals surface area (Å²) in [5.74, 6) is 0.600. The fraction of sp³-hybridized carbons (Fsp3) is 0.857. The van der Waals surface area contributed by atoms with E-state index in [1.165, 1.54) is 0 Å². The van der Waals surface area contributed by atoms with Crippen LogP contribution in [-0.2, 0) is 14.9 Å². The monoisotopic (exact) mass is 308 g/mol. The van der Waals surface area contributed by atoms with Crippen molar-refractivity contribution in [1.29, 1.82) is 0 Å². The molecule has 0 aliphatic heterocycles. The molecule has 0 aliphatic rings. The van der Waals surface area contributed by atoms with Crippen LogP contribution in [0.3, 0.4) is 0 Å². The molecule has 0 radical (unpaired) electrons. The summed E-state index contributed by atoms with van der Waals surface area (Å²) in [6.45, 7) is 12.3. The van der Waals surface area contributed by atoms with Gasteiger partial charge in [-0.25, -0.2) is 0 Å². The molecule has 0 aromatic rings. The van der Waals surface area contributed by atoms with Gasteiger partial charge in [0, 0.05) is 11.8 Å². The number of hydrogen-bond donors (Lipinski definition) is 1. The van der Waals surface area contributed by atoms with Gasteiger partial charge in [-0.15, -0.1) is 0 Å². The van der Waals surface area contributed by atoms with Crippen molar-refractivity contribution in [3.05, 3.63) is 12.3 Å². The fourth-order valence-electron chi connectivity index (χ4n) is 1.60. The second-order valence-electron chi connectivity index (χ2n) is 6.53. The molecule has 0 heterocycles. The number of nitrogens with zero attached hydrogens (tertiary/aromatic N) is 1. The van der Waals surface area contributed by atoms with Crippen molar-refractivity contribution in [2.75, 3.05) is 39.5 Å². The smallest absolute Gasteiger partial charge is 0.265 e. The average molecular weight is 308 g/mol. The van der Waals surface area contributed by atoms with Crippen LogP contribution in [0.25, 0.3) is 0 Å². The van der Waals surface area contributed by atoms with E-state index < -0.39 is 10.1 Å². The van der Waals surface area contributed by atoms with Gasteiger partial charge >= 0.3 is 0 Å². The van der Waals surface area contributed by atoms with Gasteiger partial charge in [-0.05, 0) is 6.42 Å². The summed E-state index contributed by atoms with van der Waals surface area (Å²) >= 11 is 0. The lowest BCUT2D eigenvalue weighted by Crippen LogP contribution is -2.43. The zero-order valence-electron chi connectivity index (χ0n) is 13.5. The maximum atomic E-state index is 10.7. The second-order valence-corrected chi connectivity index (χ2v) is 8.10. The van der Waals surface area contributed by atoms with E-state index in [1.54, 1.807) is 0 Å². The van der Waals surface area contributed by atoms with Gasteiger partial charge in [0.2, 0.25) is 0 Å². The Bertz CT molecular complexity index is 413. The largest absolute Gasteiger partial charge is 0.492 e. The Morgan fingerprint density at radius 1 is 1.30 bits per heavy atom. The van der Waals surface area contributed by atoms with E-state index in [-0.39, 0.29) is 11.2 Å². The minimum absolute atomic E-state index is 0.0257. The fourth-order valence-corrected chi connectivity index (χ4v) is 2.09. The third kappa shape index (κ3) is 8.55. The molecular weight excluding hydrogens is 278 g/mol. The standard InChI is InChI=1S/C14H29NO4S/c1-7-14(3,4)13(2)19-11-10-15(5,6)9-8-12-20(16,17)18/h2,7-12H2,1,3-6H3/p+1. The van der Waals surface area contributed by atoms with Crippen LogP contribution in [-0.4, -0.2) is 57.0 Å². The van der Waals surface area contributed by atoms with Gasteiger partial charge in [-0.1, -0.05) is 27.4 Å². The topological polar surface area (TPSA) is 63.6 Å². The van der Waals surface area contributed by atoms with Crippen LogP contribution in [0.5, 0.6) is 0 Å². The number of likely N-dealkylation sites (N-methyl/N-ethyl adjacent to an activating group) is 1. The lowest BCUT2D eigenvalue weighted by molar-refractivity contribution is -0.890. The first-order valence-corrected chi connectivity index (χ1v) is 8.60. The highest BCUT2D eigenvalue weighted by molar-refractivity contribution is 7.85. The maximum Gasteiger partial charge on any atom is 0.265 e. The lowest BCUT2D eigenvalue weighted by atomic mass is 9.88. The molecule has 0 bridgehead atoms. The summed E-state index contributed by atoms with van der Waals surface area (Å²) in [4.78, 5) is 0. The van der Waals surface area contributed by atoms with Crippen LogP contribution in [0, 0.1) is 5.41 Å². The molecule has 5 nitrogen and oxygen atoms in total. The van der Waals surface area contributed by atoms with Gasteiger partial charge in [0.05, 0.1) is 32.2 Å². The normalized spacial score (nSPS) is 13.3. The first-order valence-electron chi connectivity index (χ1n) is 6.99. The Kier molecular flexibility index (Phi) is 7.21. The molecule has 0 saturated heterocycles. The molecule has 0 amide bonds. The van der Waals surface area contributed by atoms with Crippen molar-refractivity contribution < 1.29 is 22.2 Å². The molecule has 0 aromatic carbocycles. The molecular formula is C14H30NO4S+. The van der Waals surface area contributed by atoms with Crippen LogP contribution in [0.2, 0.25) is 0 Å². The summed E-state index contributed by atoms with van der Waals surface area (Å²) in [6.07, 6.45) is 1.41. The molecule has 0 spiro atoms. The van der Waals surface area contributed by atoms with Crippen LogP contribution < -0.4 is 0 Å². The molecule has 0 saturated carbocycles. The van der Waals surface area contributed by atoms with Gasteiger partial charge in [0.15, 0.2) is 0 Å². The maximum absolute atomic E-state index is 10.7. The third-order valence-electron chi connectivity index (χ3n) is 3.78. The number of quaternary nitrogens is 1. The first-order chi connectivity index (χ1) is 8.90. The average Bonchev–Trinajstić information content (AvgIpc) is 2.26. The zero-order valence-corrected chi connectivity index (χ0v) is 14.3. The van der Waals surface area contributed by atoms with Crippen molar-refractivity contribution in [2.24, 2.45) is 5.41 Å². The molecule has 0 aromatic heterocycles. The summed E-state index contributed by atoms with van der Waals surface area (Å²) in [5, 5.41) is 0. The molecule has 0 aliphatic carbocycles. The molecule has 0 atom stereocenters. The first kappa shape index (κ1) is 19.4. The summed E-state index contributed by atoms with van der Waals surface area (Å²) in [7, 11) is 0.171. The molecule has 0 unspecified atom stereocenters. The van der Waals surface area contributed by atoms with Crippen LogP contribution in [0.1, 0.15) is 33.6 Å². The second kappa shape index (κ2) is 7.43. The van der Waals surface area contributed by atoms with E-state index in [4.69, 9.17) is 9.29 Å². The zero-order chi connectivity index (χ0) is 16.0. The number of allylic oxidation sites excluding steroid dienone is 1. The summed E-state index contributed by atoms with van der Waals surface area (Å²) in [6, 6.07) is 0. The Labute approximate surface area is 124 Å². The Morgan fingerprint density at radius 2 is 1.85 bits per heavy atom. The van der Waals surface area contributed by atoms with E-state index in [2.05, 4.69) is 27.4 Å². The molecule has 1 N–H and O–H groups in total. The molecule has 6 heteroatoms. The minimum atomic E-state index is -3.86. The molecule has 20 heavy (non-hydrogen) atoms. The number of rotatable bonds is 10. The van der Waals surface area contributed by atoms with Crippen LogP contribution in [0.4, 0.5) is 0 Å². The van der Waals surface area contributed by atoms with Crippen molar-refractivity contribution >= 4 is 10.1 Å². The van der Waals surface area contributed by atoms with E-state index >= 15 is 0 Å². The van der Waals surface area contributed by atoms with E-state index in [0.717, 1.165) is 18.7 Å². The van der Waals surface area contributed by atoms with E-state index in [0.29, 0.717) is 24.1 Å². The summed E-state index contributed by atoms with van der Waals surface area (Å²) < 4.78 is 36.4. The van der Waals surface area contributed by atoms with E-state index in [9.17, 15) is 8.42 Å². The van der Waals surface area contributed by atoms with Crippen LogP contribution >= 0.6 is 0 Å². The van der Waals surface area contributed by atoms with Gasteiger partial charge in [0.25, 0.3) is 10.1 Å². The Hall–Kier alpha value is -0.590. The third-order valence-corrected chi connectivity index (χ3v) is 4.58. The summed E-state index contributed by atoms with van der Waals surface area (Å²) in [5.41, 5.74) is -0.0257. The van der Waals surface area contributed by atoms with Gasteiger partial charge in [-0.2, -0.15) is 8.42 Å². The van der Waals surface area contributed by atoms with Gasteiger partial charge < -0.3 is 9.22 Å². The molecule has 0 rings (SSSR count). The number of ether oxygens (including phenoxy) is 1. The highest BCUT2D eigenvalue weighted by atomic mass is 32.2. The van der Waals surface area contributed by atoms with Crippen molar-refractivity contribution in [1.82, 2.24) is 0 Å². The quantitative estimate of drug-likeness (QED) is 0.382. The molecule has 120 valence electrons. The predicted octanol–water partition coefficient (Wildman–Crippen LogP) is 2.31. The van der Waals surface area contributed by atoms with Gasteiger partial charge in [-0.3, -0.25) is 4.55 Å². The highest BCUT2D eigenvalue weighted by Crippen LogP contribution is 2.29. The highest BCUT2D eigenvalue weighted by Gasteiger charge is 2.22. The Balaban J connectivity index is 4.08. The SMILES string of the molecule is C=C(OCC[N+](C)(C)CCCS(=O)(=O)O)C(C)(C)CC. The van der Waals surface area contributed by atoms with Crippen LogP contribution in [0.15, 0.2) is 12.3 Å². The molecule has 0 fully saturated rings. The van der Waals surface area contributed by atoms with Crippen molar-refractivity contribution in [3.8, 4) is 0 Å². The van der Waals surface area contributed by atoms with E-state index in [1.807, 2.05) is 14.1 Å². The lowest BCUT2D eigenvalue weighted by Gasteiger charge is -2.31. The Morgan fingerprint density at radius 3 is 2.30 bits per heavy atom. The van der Waals surface area contributed by atoms with Crippen molar-refractivity contribution in [3.63, 3.8) is 0 Å². The minimum Gasteiger partial charge on any atom is -0.492 e.